The van der Waals surface area contributed by atoms with Crippen LogP contribution < -0.4 is 0 Å². The zero-order chi connectivity index (χ0) is 6.85. The predicted octanol–water partition coefficient (Wildman–Crippen LogP) is 0.725. The third kappa shape index (κ3) is 1.25. The highest BCUT2D eigenvalue weighted by Gasteiger charge is 2.31. The van der Waals surface area contributed by atoms with Crippen LogP contribution in [0.3, 0.4) is 0 Å². The number of hydrogen-bond acceptors (Lipinski definition) is 2. The van der Waals surface area contributed by atoms with Crippen LogP contribution in [-0.2, 0) is 4.74 Å². The fraction of sp³-hybridized carbons (Fsp3) is 1.00. The number of hydrogen-bond donors (Lipinski definition) is 0. The summed E-state index contributed by atoms with van der Waals surface area (Å²) in [7, 11) is 6.01. The highest BCUT2D eigenvalue weighted by atomic mass is 16.5. The van der Waals surface area contributed by atoms with Crippen molar-refractivity contribution in [1.29, 1.82) is 0 Å². The predicted molar refractivity (Wildman–Crippen MR) is 37.5 cm³/mol. The molecule has 2 nitrogen and oxygen atoms in total. The van der Waals surface area contributed by atoms with Crippen molar-refractivity contribution in [3.63, 3.8) is 0 Å². The highest BCUT2D eigenvalue weighted by molar-refractivity contribution is 4.87. The topological polar surface area (TPSA) is 12.5 Å². The lowest BCUT2D eigenvalue weighted by Gasteiger charge is -2.39. The van der Waals surface area contributed by atoms with E-state index in [1.54, 1.807) is 7.11 Å². The van der Waals surface area contributed by atoms with Crippen LogP contribution in [0.15, 0.2) is 0 Å². The maximum Gasteiger partial charge on any atom is 0.0726 e. The Morgan fingerprint density at radius 1 is 1.33 bits per heavy atom. The van der Waals surface area contributed by atoms with E-state index in [2.05, 4.69) is 19.0 Å². The molecule has 1 rings (SSSR count). The molecule has 0 bridgehead atoms. The molecular formula is C7H15NO. The zero-order valence-corrected chi connectivity index (χ0v) is 6.42. The molecular weight excluding hydrogens is 114 g/mol. The minimum absolute atomic E-state index is 0.500. The van der Waals surface area contributed by atoms with E-state index in [0.29, 0.717) is 12.1 Å². The summed E-state index contributed by atoms with van der Waals surface area (Å²) in [5, 5.41) is 0. The molecule has 0 aliphatic heterocycles. The van der Waals surface area contributed by atoms with E-state index in [9.17, 15) is 0 Å². The van der Waals surface area contributed by atoms with Gasteiger partial charge < -0.3 is 9.64 Å². The molecule has 9 heavy (non-hydrogen) atoms. The lowest BCUT2D eigenvalue weighted by Crippen LogP contribution is -2.47. The molecule has 2 unspecified atom stereocenters. The molecule has 1 fully saturated rings. The highest BCUT2D eigenvalue weighted by Crippen LogP contribution is 2.25. The molecule has 0 N–H and O–H groups in total. The summed E-state index contributed by atoms with van der Waals surface area (Å²) in [6.07, 6.45) is 3.03. The van der Waals surface area contributed by atoms with Crippen LogP contribution in [0.4, 0.5) is 0 Å². The van der Waals surface area contributed by atoms with E-state index in [-0.39, 0.29) is 0 Å². The van der Waals surface area contributed by atoms with Crippen LogP contribution in [0, 0.1) is 0 Å². The molecule has 0 saturated heterocycles. The monoisotopic (exact) mass is 129 g/mol. The molecule has 1 saturated carbocycles. The summed E-state index contributed by atoms with van der Waals surface area (Å²) >= 11 is 0. The van der Waals surface area contributed by atoms with E-state index in [0.717, 1.165) is 0 Å². The van der Waals surface area contributed by atoms with Crippen molar-refractivity contribution in [2.45, 2.75) is 25.0 Å². The normalized spacial score (nSPS) is 34.7. The number of nitrogens with zero attached hydrogens (tertiary/aromatic N) is 1. The molecule has 1 aliphatic rings. The fourth-order valence-electron chi connectivity index (χ4n) is 1.32. The molecule has 0 aromatic heterocycles. The first-order chi connectivity index (χ1) is 4.25. The van der Waals surface area contributed by atoms with Crippen LogP contribution in [0.2, 0.25) is 0 Å². The smallest absolute Gasteiger partial charge is 0.0726 e. The van der Waals surface area contributed by atoms with Gasteiger partial charge in [-0.05, 0) is 26.9 Å². The van der Waals surface area contributed by atoms with Gasteiger partial charge in [0.1, 0.15) is 0 Å². The number of ether oxygens (including phenoxy) is 1. The van der Waals surface area contributed by atoms with Crippen molar-refractivity contribution >= 4 is 0 Å². The first-order valence-electron chi connectivity index (χ1n) is 3.45. The minimum Gasteiger partial charge on any atom is -0.380 e. The Bertz CT molecular complexity index is 90.9. The van der Waals surface area contributed by atoms with Gasteiger partial charge >= 0.3 is 0 Å². The molecule has 2 atom stereocenters. The quantitative estimate of drug-likeness (QED) is 0.545. The largest absolute Gasteiger partial charge is 0.380 e. The summed E-state index contributed by atoms with van der Waals surface area (Å²) < 4.78 is 5.22. The average molecular weight is 129 g/mol. The molecule has 54 valence electrons. The van der Waals surface area contributed by atoms with E-state index in [1.807, 2.05) is 0 Å². The second kappa shape index (κ2) is 2.67. The van der Waals surface area contributed by atoms with Crippen molar-refractivity contribution in [3.05, 3.63) is 0 Å². The van der Waals surface area contributed by atoms with E-state index < -0.39 is 0 Å². The zero-order valence-electron chi connectivity index (χ0n) is 6.42. The van der Waals surface area contributed by atoms with Crippen LogP contribution in [0.25, 0.3) is 0 Å². The molecule has 0 radical (unpaired) electrons. The third-order valence-electron chi connectivity index (χ3n) is 2.14. The standard InChI is InChI=1S/C7H15NO/c1-8(2)6-4-5-7(6)9-3/h6-7H,4-5H2,1-3H3. The fourth-order valence-corrected chi connectivity index (χ4v) is 1.32. The Kier molecular flexibility index (Phi) is 2.09. The van der Waals surface area contributed by atoms with Gasteiger partial charge in [0.05, 0.1) is 6.10 Å². The van der Waals surface area contributed by atoms with Gasteiger partial charge in [-0.3, -0.25) is 0 Å². The van der Waals surface area contributed by atoms with Gasteiger partial charge in [-0.2, -0.15) is 0 Å². The van der Waals surface area contributed by atoms with E-state index >= 15 is 0 Å². The molecule has 0 aromatic rings. The Balaban J connectivity index is 2.27. The molecule has 2 heteroatoms. The lowest BCUT2D eigenvalue weighted by atomic mass is 9.88. The first kappa shape index (κ1) is 7.03. The summed E-state index contributed by atoms with van der Waals surface area (Å²) in [6, 6.07) is 0.676. The number of methoxy groups -OCH3 is 1. The Morgan fingerprint density at radius 3 is 2.11 bits per heavy atom. The summed E-state index contributed by atoms with van der Waals surface area (Å²) in [4.78, 5) is 2.23. The maximum atomic E-state index is 5.22. The molecule has 0 heterocycles. The van der Waals surface area contributed by atoms with Crippen molar-refractivity contribution in [1.82, 2.24) is 4.90 Å². The third-order valence-corrected chi connectivity index (χ3v) is 2.14. The second-order valence-electron chi connectivity index (χ2n) is 2.88. The number of likely N-dealkylation sites (N-methyl/N-ethyl adjacent to an activating group) is 1. The molecule has 1 aliphatic carbocycles. The van der Waals surface area contributed by atoms with Crippen LogP contribution in [0.1, 0.15) is 12.8 Å². The van der Waals surface area contributed by atoms with E-state index in [4.69, 9.17) is 4.74 Å². The van der Waals surface area contributed by atoms with Gasteiger partial charge in [0, 0.05) is 13.2 Å². The molecule has 0 amide bonds. The van der Waals surface area contributed by atoms with Crippen molar-refractivity contribution in [3.8, 4) is 0 Å². The first-order valence-corrected chi connectivity index (χ1v) is 3.45. The average Bonchev–Trinajstić information content (AvgIpc) is 1.61. The second-order valence-corrected chi connectivity index (χ2v) is 2.88. The van der Waals surface area contributed by atoms with Gasteiger partial charge in [0.2, 0.25) is 0 Å². The number of rotatable bonds is 2. The maximum absolute atomic E-state index is 5.22. The van der Waals surface area contributed by atoms with Gasteiger partial charge in [-0.25, -0.2) is 0 Å². The SMILES string of the molecule is COC1CCC1N(C)C. The van der Waals surface area contributed by atoms with Crippen LogP contribution in [-0.4, -0.2) is 38.3 Å². The lowest BCUT2D eigenvalue weighted by molar-refractivity contribution is -0.0320. The van der Waals surface area contributed by atoms with Crippen molar-refractivity contribution in [2.24, 2.45) is 0 Å². The summed E-state index contributed by atoms with van der Waals surface area (Å²) in [6.45, 7) is 0. The van der Waals surface area contributed by atoms with Crippen molar-refractivity contribution in [2.75, 3.05) is 21.2 Å². The van der Waals surface area contributed by atoms with Crippen molar-refractivity contribution < 1.29 is 4.74 Å². The Labute approximate surface area is 56.8 Å². The Morgan fingerprint density at radius 2 is 2.00 bits per heavy atom. The molecule has 0 aromatic carbocycles. The minimum atomic E-state index is 0.500. The van der Waals surface area contributed by atoms with Gasteiger partial charge in [0.15, 0.2) is 0 Å². The van der Waals surface area contributed by atoms with Crippen LogP contribution >= 0.6 is 0 Å². The molecule has 0 spiro atoms. The summed E-state index contributed by atoms with van der Waals surface area (Å²) in [5.74, 6) is 0. The summed E-state index contributed by atoms with van der Waals surface area (Å²) in [5.41, 5.74) is 0. The van der Waals surface area contributed by atoms with Gasteiger partial charge in [-0.1, -0.05) is 0 Å². The Hall–Kier alpha value is -0.0800. The van der Waals surface area contributed by atoms with Gasteiger partial charge in [-0.15, -0.1) is 0 Å². The van der Waals surface area contributed by atoms with Crippen LogP contribution in [0.5, 0.6) is 0 Å². The van der Waals surface area contributed by atoms with E-state index in [1.165, 1.54) is 12.8 Å². The van der Waals surface area contributed by atoms with Gasteiger partial charge in [0.25, 0.3) is 0 Å².